The van der Waals surface area contributed by atoms with Crippen molar-refractivity contribution in [2.24, 2.45) is 0 Å². The van der Waals surface area contributed by atoms with E-state index < -0.39 is 4.92 Å². The Hall–Kier alpha value is -1.92. The molecule has 0 unspecified atom stereocenters. The molecule has 7 heteroatoms. The van der Waals surface area contributed by atoms with E-state index in [1.807, 2.05) is 0 Å². The maximum absolute atomic E-state index is 12.5. The van der Waals surface area contributed by atoms with Crippen molar-refractivity contribution in [3.8, 4) is 0 Å². The quantitative estimate of drug-likeness (QED) is 0.624. The van der Waals surface area contributed by atoms with Gasteiger partial charge in [-0.25, -0.2) is 0 Å². The number of hydrogen-bond acceptors (Lipinski definition) is 4. The van der Waals surface area contributed by atoms with E-state index in [1.54, 1.807) is 11.3 Å². The summed E-state index contributed by atoms with van der Waals surface area (Å²) in [6.45, 7) is 0.515. The molecule has 1 aliphatic rings. The Morgan fingerprint density at radius 2 is 2.08 bits per heavy atom. The Kier molecular flexibility index (Phi) is 4.87. The second-order valence-corrected chi connectivity index (χ2v) is 7.29. The first-order valence-electron chi connectivity index (χ1n) is 7.77. The molecule has 1 aromatic heterocycles. The zero-order chi connectivity index (χ0) is 17.2. The average Bonchev–Trinajstić information content (AvgIpc) is 3.25. The van der Waals surface area contributed by atoms with Gasteiger partial charge in [0.25, 0.3) is 11.6 Å². The van der Waals surface area contributed by atoms with Crippen molar-refractivity contribution in [1.29, 1.82) is 0 Å². The van der Waals surface area contributed by atoms with Crippen LogP contribution in [0, 0.1) is 10.1 Å². The number of amides is 1. The summed E-state index contributed by atoms with van der Waals surface area (Å²) in [5, 5.41) is 18.2. The summed E-state index contributed by atoms with van der Waals surface area (Å²) in [4.78, 5) is 22.9. The molecule has 1 amide bonds. The molecule has 1 N–H and O–H groups in total. The molecule has 1 fully saturated rings. The van der Waals surface area contributed by atoms with Crippen molar-refractivity contribution in [3.05, 3.63) is 61.3 Å². The average molecular weight is 365 g/mol. The topological polar surface area (TPSA) is 72.2 Å². The van der Waals surface area contributed by atoms with Crippen molar-refractivity contribution in [2.75, 3.05) is 6.54 Å². The molecular formula is C17H17ClN2O3S. The van der Waals surface area contributed by atoms with Gasteiger partial charge in [0.1, 0.15) is 0 Å². The van der Waals surface area contributed by atoms with Gasteiger partial charge < -0.3 is 5.32 Å². The first-order chi connectivity index (χ1) is 11.5. The van der Waals surface area contributed by atoms with Crippen LogP contribution < -0.4 is 5.32 Å². The lowest BCUT2D eigenvalue weighted by atomic mass is 9.80. The third kappa shape index (κ3) is 3.30. The molecule has 1 aliphatic carbocycles. The van der Waals surface area contributed by atoms with Gasteiger partial charge in [-0.2, -0.15) is 11.3 Å². The number of carbonyl (C=O) groups excluding carboxylic acids is 1. The fourth-order valence-electron chi connectivity index (χ4n) is 3.33. The number of halogens is 1. The smallest absolute Gasteiger partial charge is 0.270 e. The standard InChI is InChI=1S/C17H17ClN2O3S/c18-15-4-3-13(20(22)23)9-14(15)16(21)19-11-17(6-1-2-7-17)12-5-8-24-10-12/h3-5,8-10H,1-2,6-7,11H2,(H,19,21). The van der Waals surface area contributed by atoms with E-state index in [9.17, 15) is 14.9 Å². The Morgan fingerprint density at radius 1 is 1.33 bits per heavy atom. The zero-order valence-corrected chi connectivity index (χ0v) is 14.5. The van der Waals surface area contributed by atoms with Gasteiger partial charge in [0.15, 0.2) is 0 Å². The van der Waals surface area contributed by atoms with E-state index in [0.29, 0.717) is 6.54 Å². The summed E-state index contributed by atoms with van der Waals surface area (Å²) in [6.07, 6.45) is 4.35. The molecular weight excluding hydrogens is 348 g/mol. The fraction of sp³-hybridized carbons (Fsp3) is 0.353. The Balaban J connectivity index is 1.78. The maximum atomic E-state index is 12.5. The number of hydrogen-bond donors (Lipinski definition) is 1. The van der Waals surface area contributed by atoms with E-state index >= 15 is 0 Å². The predicted octanol–water partition coefficient (Wildman–Crippen LogP) is 4.55. The number of non-ortho nitro benzene ring substituents is 1. The van der Waals surface area contributed by atoms with Gasteiger partial charge in [-0.15, -0.1) is 0 Å². The van der Waals surface area contributed by atoms with E-state index in [-0.39, 0.29) is 27.6 Å². The maximum Gasteiger partial charge on any atom is 0.270 e. The fourth-order valence-corrected chi connectivity index (χ4v) is 4.31. The van der Waals surface area contributed by atoms with E-state index in [4.69, 9.17) is 11.6 Å². The Bertz CT molecular complexity index is 755. The van der Waals surface area contributed by atoms with Gasteiger partial charge in [0.05, 0.1) is 15.5 Å². The van der Waals surface area contributed by atoms with Gasteiger partial charge in [0.2, 0.25) is 0 Å². The number of nitro benzene ring substituents is 1. The number of nitrogens with one attached hydrogen (secondary N) is 1. The molecule has 0 spiro atoms. The molecule has 0 aliphatic heterocycles. The number of nitro groups is 1. The van der Waals surface area contributed by atoms with Crippen molar-refractivity contribution in [3.63, 3.8) is 0 Å². The molecule has 24 heavy (non-hydrogen) atoms. The number of benzene rings is 1. The highest BCUT2D eigenvalue weighted by molar-refractivity contribution is 7.08. The van der Waals surface area contributed by atoms with Gasteiger partial charge in [-0.3, -0.25) is 14.9 Å². The highest BCUT2D eigenvalue weighted by atomic mass is 35.5. The van der Waals surface area contributed by atoms with Crippen molar-refractivity contribution in [1.82, 2.24) is 5.32 Å². The normalized spacial score (nSPS) is 16.0. The molecule has 0 atom stereocenters. The Morgan fingerprint density at radius 3 is 2.71 bits per heavy atom. The van der Waals surface area contributed by atoms with Crippen LogP contribution in [-0.2, 0) is 5.41 Å². The van der Waals surface area contributed by atoms with E-state index in [1.165, 1.54) is 23.8 Å². The molecule has 0 radical (unpaired) electrons. The van der Waals surface area contributed by atoms with Gasteiger partial charge >= 0.3 is 0 Å². The minimum Gasteiger partial charge on any atom is -0.351 e. The van der Waals surface area contributed by atoms with Gasteiger partial charge in [0, 0.05) is 24.1 Å². The molecule has 5 nitrogen and oxygen atoms in total. The molecule has 1 saturated carbocycles. The van der Waals surface area contributed by atoms with Crippen LogP contribution >= 0.6 is 22.9 Å². The monoisotopic (exact) mass is 364 g/mol. The number of thiophene rings is 1. The molecule has 0 bridgehead atoms. The van der Waals surface area contributed by atoms with Crippen molar-refractivity contribution < 1.29 is 9.72 Å². The summed E-state index contributed by atoms with van der Waals surface area (Å²) in [5.74, 6) is -0.370. The minimum atomic E-state index is -0.531. The summed E-state index contributed by atoms with van der Waals surface area (Å²) in [7, 11) is 0. The van der Waals surface area contributed by atoms with Gasteiger partial charge in [-0.05, 0) is 41.3 Å². The lowest BCUT2D eigenvalue weighted by molar-refractivity contribution is -0.384. The molecule has 126 valence electrons. The van der Waals surface area contributed by atoms with Crippen LogP contribution in [0.5, 0.6) is 0 Å². The summed E-state index contributed by atoms with van der Waals surface area (Å²) < 4.78 is 0. The first kappa shape index (κ1) is 16.9. The van der Waals surface area contributed by atoms with Gasteiger partial charge in [-0.1, -0.05) is 24.4 Å². The number of rotatable bonds is 5. The summed E-state index contributed by atoms with van der Waals surface area (Å²) >= 11 is 7.70. The largest absolute Gasteiger partial charge is 0.351 e. The molecule has 3 rings (SSSR count). The SMILES string of the molecule is O=C(NCC1(c2ccsc2)CCCC1)c1cc([N+](=O)[O-])ccc1Cl. The summed E-state index contributed by atoms with van der Waals surface area (Å²) in [5.41, 5.74) is 1.22. The predicted molar refractivity (Wildman–Crippen MR) is 94.9 cm³/mol. The van der Waals surface area contributed by atoms with Crippen molar-refractivity contribution in [2.45, 2.75) is 31.1 Å². The van der Waals surface area contributed by atoms with Crippen LogP contribution in [0.4, 0.5) is 5.69 Å². The third-order valence-corrected chi connectivity index (χ3v) is 5.70. The number of carbonyl (C=O) groups is 1. The second kappa shape index (κ2) is 6.91. The van der Waals surface area contributed by atoms with E-state index in [2.05, 4.69) is 22.1 Å². The van der Waals surface area contributed by atoms with E-state index in [0.717, 1.165) is 25.7 Å². The zero-order valence-electron chi connectivity index (χ0n) is 13.0. The minimum absolute atomic E-state index is 0.0388. The first-order valence-corrected chi connectivity index (χ1v) is 9.09. The molecule has 1 aromatic carbocycles. The van der Waals surface area contributed by atoms with Crippen LogP contribution in [0.2, 0.25) is 5.02 Å². The van der Waals surface area contributed by atoms with Crippen LogP contribution in [0.15, 0.2) is 35.0 Å². The summed E-state index contributed by atoms with van der Waals surface area (Å²) in [6, 6.07) is 6.02. The Labute approximate surface area is 148 Å². The lowest BCUT2D eigenvalue weighted by Crippen LogP contribution is -2.38. The van der Waals surface area contributed by atoms with Crippen molar-refractivity contribution >= 4 is 34.5 Å². The van der Waals surface area contributed by atoms with Crippen LogP contribution in [0.1, 0.15) is 41.6 Å². The number of nitrogens with zero attached hydrogens (tertiary/aromatic N) is 1. The lowest BCUT2D eigenvalue weighted by Gasteiger charge is -2.28. The third-order valence-electron chi connectivity index (χ3n) is 4.69. The highest BCUT2D eigenvalue weighted by Gasteiger charge is 2.36. The molecule has 2 aromatic rings. The molecule has 1 heterocycles. The second-order valence-electron chi connectivity index (χ2n) is 6.10. The van der Waals surface area contributed by atoms with Crippen LogP contribution in [0.3, 0.4) is 0 Å². The van der Waals surface area contributed by atoms with Crippen LogP contribution in [0.25, 0.3) is 0 Å². The van der Waals surface area contributed by atoms with Crippen LogP contribution in [-0.4, -0.2) is 17.4 Å². The molecule has 0 saturated heterocycles. The highest BCUT2D eigenvalue weighted by Crippen LogP contribution is 2.41.